The average molecular weight is 411 g/mol. The van der Waals surface area contributed by atoms with Crippen LogP contribution >= 0.6 is 0 Å². The lowest BCUT2D eigenvalue weighted by Gasteiger charge is -2.35. The summed E-state index contributed by atoms with van der Waals surface area (Å²) in [7, 11) is 0. The Morgan fingerprint density at radius 1 is 1.03 bits per heavy atom. The quantitative estimate of drug-likeness (QED) is 0.683. The number of carbonyl (C=O) groups is 2. The molecule has 2 aromatic rings. The number of hydrogen-bond donors (Lipinski definition) is 1. The molecule has 7 heteroatoms. The minimum Gasteiger partial charge on any atom is -0.362 e. The van der Waals surface area contributed by atoms with E-state index >= 15 is 0 Å². The molecule has 1 saturated heterocycles. The van der Waals surface area contributed by atoms with Crippen LogP contribution < -0.4 is 10.2 Å². The van der Waals surface area contributed by atoms with Crippen LogP contribution in [0, 0.1) is 0 Å². The first-order valence-corrected chi connectivity index (χ1v) is 10.5. The van der Waals surface area contributed by atoms with Crippen molar-refractivity contribution in [3.8, 4) is 0 Å². The first-order valence-electron chi connectivity index (χ1n) is 10.5. The summed E-state index contributed by atoms with van der Waals surface area (Å²) < 4.78 is 5.36. The molecule has 1 aliphatic heterocycles. The highest BCUT2D eigenvalue weighted by Crippen LogP contribution is 2.12. The second kappa shape index (κ2) is 11.3. The summed E-state index contributed by atoms with van der Waals surface area (Å²) in [6.45, 7) is 4.53. The molecule has 30 heavy (non-hydrogen) atoms. The molecule has 0 bridgehead atoms. The lowest BCUT2D eigenvalue weighted by molar-refractivity contribution is -0.138. The highest BCUT2D eigenvalue weighted by molar-refractivity contribution is 5.80. The normalized spacial score (nSPS) is 15.0. The number of aromatic nitrogens is 1. The standard InChI is InChI=1S/C23H30N4O3/c1-19(10-11-20-7-3-2-4-8-20)25-22(28)17-30-18-23(29)27-15-13-26(14-16-27)21-9-5-6-12-24-21/h2-9,12,19H,10-11,13-18H2,1H3,(H,25,28). The van der Waals surface area contributed by atoms with Crippen molar-refractivity contribution >= 4 is 17.6 Å². The largest absolute Gasteiger partial charge is 0.362 e. The summed E-state index contributed by atoms with van der Waals surface area (Å²) in [4.78, 5) is 32.7. The number of aryl methyl sites for hydroxylation is 1. The Hall–Kier alpha value is -2.93. The van der Waals surface area contributed by atoms with Crippen molar-refractivity contribution in [2.45, 2.75) is 25.8 Å². The third kappa shape index (κ3) is 6.84. The zero-order chi connectivity index (χ0) is 21.2. The SMILES string of the molecule is CC(CCc1ccccc1)NC(=O)COCC(=O)N1CCN(c2ccccn2)CC1. The fourth-order valence-corrected chi connectivity index (χ4v) is 3.46. The summed E-state index contributed by atoms with van der Waals surface area (Å²) in [6, 6.07) is 16.1. The number of nitrogens with one attached hydrogen (secondary N) is 1. The molecule has 1 unspecified atom stereocenters. The van der Waals surface area contributed by atoms with Gasteiger partial charge in [-0.25, -0.2) is 4.98 Å². The third-order valence-corrected chi connectivity index (χ3v) is 5.18. The molecule has 1 aromatic heterocycles. The van der Waals surface area contributed by atoms with Crippen molar-refractivity contribution in [1.82, 2.24) is 15.2 Å². The van der Waals surface area contributed by atoms with E-state index in [9.17, 15) is 9.59 Å². The van der Waals surface area contributed by atoms with Crippen LogP contribution in [0.3, 0.4) is 0 Å². The number of benzene rings is 1. The molecule has 1 atom stereocenters. The van der Waals surface area contributed by atoms with E-state index < -0.39 is 0 Å². The summed E-state index contributed by atoms with van der Waals surface area (Å²) in [5.41, 5.74) is 1.25. The predicted molar refractivity (Wildman–Crippen MR) is 116 cm³/mol. The average Bonchev–Trinajstić information content (AvgIpc) is 2.79. The van der Waals surface area contributed by atoms with Crippen LogP contribution in [-0.4, -0.2) is 67.1 Å². The Labute approximate surface area is 178 Å². The first kappa shape index (κ1) is 21.8. The molecular weight excluding hydrogens is 380 g/mol. The summed E-state index contributed by atoms with van der Waals surface area (Å²) in [5.74, 6) is 0.655. The Kier molecular flexibility index (Phi) is 8.20. The van der Waals surface area contributed by atoms with Crippen LogP contribution in [0.5, 0.6) is 0 Å². The maximum absolute atomic E-state index is 12.3. The van der Waals surface area contributed by atoms with Crippen LogP contribution in [0.25, 0.3) is 0 Å². The van der Waals surface area contributed by atoms with Gasteiger partial charge in [0.15, 0.2) is 0 Å². The van der Waals surface area contributed by atoms with Crippen LogP contribution in [0.1, 0.15) is 18.9 Å². The highest BCUT2D eigenvalue weighted by atomic mass is 16.5. The third-order valence-electron chi connectivity index (χ3n) is 5.18. The molecule has 0 saturated carbocycles. The van der Waals surface area contributed by atoms with Crippen LogP contribution in [0.4, 0.5) is 5.82 Å². The van der Waals surface area contributed by atoms with Crippen LogP contribution in [0.15, 0.2) is 54.7 Å². The summed E-state index contributed by atoms with van der Waals surface area (Å²) >= 11 is 0. The molecular formula is C23H30N4O3. The number of ether oxygens (including phenoxy) is 1. The van der Waals surface area contributed by atoms with Crippen molar-refractivity contribution in [3.05, 3.63) is 60.3 Å². The molecule has 0 spiro atoms. The Bertz CT molecular complexity index is 793. The number of anilines is 1. The minimum absolute atomic E-state index is 0.0525. The zero-order valence-electron chi connectivity index (χ0n) is 17.5. The fourth-order valence-electron chi connectivity index (χ4n) is 3.46. The lowest BCUT2D eigenvalue weighted by Crippen LogP contribution is -2.50. The number of pyridine rings is 1. The number of rotatable bonds is 9. The van der Waals surface area contributed by atoms with Crippen molar-refractivity contribution in [3.63, 3.8) is 0 Å². The number of nitrogens with zero attached hydrogens (tertiary/aromatic N) is 3. The predicted octanol–water partition coefficient (Wildman–Crippen LogP) is 1.88. The highest BCUT2D eigenvalue weighted by Gasteiger charge is 2.22. The van der Waals surface area contributed by atoms with Gasteiger partial charge >= 0.3 is 0 Å². The second-order valence-corrected chi connectivity index (χ2v) is 7.54. The summed E-state index contributed by atoms with van der Waals surface area (Å²) in [6.07, 6.45) is 3.54. The van der Waals surface area contributed by atoms with Crippen molar-refractivity contribution in [2.75, 3.05) is 44.3 Å². The number of amides is 2. The van der Waals surface area contributed by atoms with E-state index in [2.05, 4.69) is 27.3 Å². The van der Waals surface area contributed by atoms with Crippen LogP contribution in [0.2, 0.25) is 0 Å². The first-order chi connectivity index (χ1) is 14.6. The maximum atomic E-state index is 12.3. The second-order valence-electron chi connectivity index (χ2n) is 7.54. The van der Waals surface area contributed by atoms with Gasteiger partial charge in [-0.3, -0.25) is 9.59 Å². The topological polar surface area (TPSA) is 74.8 Å². The van der Waals surface area contributed by atoms with Crippen molar-refractivity contribution in [2.24, 2.45) is 0 Å². The maximum Gasteiger partial charge on any atom is 0.248 e. The van der Waals surface area contributed by atoms with Gasteiger partial charge in [-0.1, -0.05) is 36.4 Å². The molecule has 3 rings (SSSR count). The minimum atomic E-state index is -0.191. The molecule has 1 fully saturated rings. The Morgan fingerprint density at radius 2 is 1.77 bits per heavy atom. The van der Waals surface area contributed by atoms with Gasteiger partial charge in [-0.05, 0) is 37.5 Å². The molecule has 1 aromatic carbocycles. The van der Waals surface area contributed by atoms with Gasteiger partial charge in [0.1, 0.15) is 19.0 Å². The molecule has 160 valence electrons. The van der Waals surface area contributed by atoms with Gasteiger partial charge in [0.25, 0.3) is 0 Å². The fraction of sp³-hybridized carbons (Fsp3) is 0.435. The van der Waals surface area contributed by atoms with E-state index in [1.807, 2.05) is 43.3 Å². The van der Waals surface area contributed by atoms with Crippen LogP contribution in [-0.2, 0) is 20.7 Å². The summed E-state index contributed by atoms with van der Waals surface area (Å²) in [5, 5.41) is 2.92. The van der Waals surface area contributed by atoms with Gasteiger partial charge in [0.05, 0.1) is 0 Å². The Morgan fingerprint density at radius 3 is 2.47 bits per heavy atom. The molecule has 2 amide bonds. The number of carbonyl (C=O) groups excluding carboxylic acids is 2. The van der Waals surface area contributed by atoms with Gasteiger partial charge in [0.2, 0.25) is 11.8 Å². The van der Waals surface area contributed by atoms with E-state index in [-0.39, 0.29) is 31.1 Å². The smallest absolute Gasteiger partial charge is 0.248 e. The van der Waals surface area contributed by atoms with E-state index in [4.69, 9.17) is 4.74 Å². The van der Waals surface area contributed by atoms with Crippen molar-refractivity contribution < 1.29 is 14.3 Å². The lowest BCUT2D eigenvalue weighted by atomic mass is 10.1. The van der Waals surface area contributed by atoms with Gasteiger partial charge in [-0.2, -0.15) is 0 Å². The number of hydrogen-bond acceptors (Lipinski definition) is 5. The van der Waals surface area contributed by atoms with Gasteiger partial charge < -0.3 is 19.9 Å². The molecule has 1 aliphatic rings. The Balaban J connectivity index is 1.29. The van der Waals surface area contributed by atoms with Crippen molar-refractivity contribution in [1.29, 1.82) is 0 Å². The monoisotopic (exact) mass is 410 g/mol. The number of piperazine rings is 1. The zero-order valence-corrected chi connectivity index (χ0v) is 17.5. The molecule has 2 heterocycles. The van der Waals surface area contributed by atoms with Gasteiger partial charge in [-0.15, -0.1) is 0 Å². The van der Waals surface area contributed by atoms with E-state index in [0.717, 1.165) is 31.7 Å². The molecule has 0 aliphatic carbocycles. The van der Waals surface area contributed by atoms with Gasteiger partial charge in [0, 0.05) is 38.4 Å². The van der Waals surface area contributed by atoms with E-state index in [1.165, 1.54) is 5.56 Å². The molecule has 1 N–H and O–H groups in total. The molecule has 7 nitrogen and oxygen atoms in total. The molecule has 0 radical (unpaired) electrons. The van der Waals surface area contributed by atoms with E-state index in [1.54, 1.807) is 11.1 Å². The van der Waals surface area contributed by atoms with E-state index in [0.29, 0.717) is 13.1 Å².